The molecule has 1 heterocycles. The smallest absolute Gasteiger partial charge is 0.136 e. The van der Waals surface area contributed by atoms with E-state index in [1.807, 2.05) is 6.07 Å². The normalized spacial score (nSPS) is 18.9. The van der Waals surface area contributed by atoms with Gasteiger partial charge in [0.25, 0.3) is 0 Å². The first-order valence-corrected chi connectivity index (χ1v) is 7.15. The second-order valence-electron chi connectivity index (χ2n) is 5.67. The molecular formula is C14H22N4. The summed E-state index contributed by atoms with van der Waals surface area (Å²) >= 11 is 0. The van der Waals surface area contributed by atoms with Crippen molar-refractivity contribution in [2.75, 3.05) is 23.7 Å². The fraction of sp³-hybridized carbons (Fsp3) is 0.714. The molecule has 3 rings (SSSR count). The van der Waals surface area contributed by atoms with E-state index in [9.17, 15) is 0 Å². The number of nitrogens with two attached hydrogens (primary N) is 1. The fourth-order valence-electron chi connectivity index (χ4n) is 2.34. The largest absolute Gasteiger partial charge is 0.384 e. The minimum absolute atomic E-state index is 0.566. The van der Waals surface area contributed by atoms with Gasteiger partial charge in [0.15, 0.2) is 0 Å². The summed E-state index contributed by atoms with van der Waals surface area (Å²) in [4.78, 5) is 11.5. The number of hydrogen-bond donors (Lipinski definition) is 1. The van der Waals surface area contributed by atoms with E-state index < -0.39 is 0 Å². The maximum atomic E-state index is 5.93. The van der Waals surface area contributed by atoms with E-state index in [1.54, 1.807) is 0 Å². The van der Waals surface area contributed by atoms with E-state index >= 15 is 0 Å². The van der Waals surface area contributed by atoms with E-state index in [1.165, 1.54) is 25.7 Å². The van der Waals surface area contributed by atoms with Crippen molar-refractivity contribution >= 4 is 11.6 Å². The van der Waals surface area contributed by atoms with Crippen molar-refractivity contribution in [1.82, 2.24) is 9.97 Å². The average molecular weight is 246 g/mol. The number of anilines is 2. The Balaban J connectivity index is 1.81. The van der Waals surface area contributed by atoms with Gasteiger partial charge in [-0.25, -0.2) is 9.97 Å². The molecule has 1 aromatic rings. The lowest BCUT2D eigenvalue weighted by Gasteiger charge is -2.23. The summed E-state index contributed by atoms with van der Waals surface area (Å²) in [5, 5.41) is 0. The highest BCUT2D eigenvalue weighted by molar-refractivity contribution is 5.47. The molecule has 2 aliphatic rings. The van der Waals surface area contributed by atoms with Gasteiger partial charge in [-0.3, -0.25) is 0 Å². The monoisotopic (exact) mass is 246 g/mol. The molecule has 1 aromatic heterocycles. The minimum Gasteiger partial charge on any atom is -0.384 e. The van der Waals surface area contributed by atoms with Crippen LogP contribution in [-0.4, -0.2) is 23.1 Å². The standard InChI is InChI=1S/C14H22N4/c1-2-7-18(9-10-3-4-10)13-8-12(15)16-14(17-13)11-5-6-11/h8,10-11H,2-7,9H2,1H3,(H2,15,16,17). The summed E-state index contributed by atoms with van der Waals surface area (Å²) in [5.41, 5.74) is 5.93. The molecule has 2 fully saturated rings. The second kappa shape index (κ2) is 4.75. The van der Waals surface area contributed by atoms with Crippen LogP contribution in [0.2, 0.25) is 0 Å². The number of nitrogens with zero attached hydrogens (tertiary/aromatic N) is 3. The zero-order valence-electron chi connectivity index (χ0n) is 11.1. The lowest BCUT2D eigenvalue weighted by Crippen LogP contribution is -2.28. The highest BCUT2D eigenvalue weighted by Gasteiger charge is 2.29. The maximum Gasteiger partial charge on any atom is 0.136 e. The number of nitrogen functional groups attached to an aromatic ring is 1. The summed E-state index contributed by atoms with van der Waals surface area (Å²) in [7, 11) is 0. The van der Waals surface area contributed by atoms with Crippen LogP contribution in [0.5, 0.6) is 0 Å². The van der Waals surface area contributed by atoms with Crippen LogP contribution in [0.15, 0.2) is 6.07 Å². The molecule has 2 saturated carbocycles. The molecule has 4 nitrogen and oxygen atoms in total. The van der Waals surface area contributed by atoms with Gasteiger partial charge in [-0.05, 0) is 38.0 Å². The van der Waals surface area contributed by atoms with Gasteiger partial charge < -0.3 is 10.6 Å². The lowest BCUT2D eigenvalue weighted by atomic mass is 10.3. The quantitative estimate of drug-likeness (QED) is 0.838. The molecule has 0 radical (unpaired) electrons. The molecular weight excluding hydrogens is 224 g/mol. The molecule has 0 aliphatic heterocycles. The van der Waals surface area contributed by atoms with E-state index in [-0.39, 0.29) is 0 Å². The van der Waals surface area contributed by atoms with Gasteiger partial charge in [-0.2, -0.15) is 0 Å². The third-order valence-electron chi connectivity index (χ3n) is 3.69. The van der Waals surface area contributed by atoms with Crippen LogP contribution < -0.4 is 10.6 Å². The molecule has 4 heteroatoms. The van der Waals surface area contributed by atoms with Crippen molar-refractivity contribution in [2.45, 2.75) is 44.9 Å². The molecule has 0 aromatic carbocycles. The van der Waals surface area contributed by atoms with Crippen LogP contribution in [0.1, 0.15) is 50.8 Å². The van der Waals surface area contributed by atoms with Crippen LogP contribution in [0, 0.1) is 5.92 Å². The zero-order valence-corrected chi connectivity index (χ0v) is 11.1. The van der Waals surface area contributed by atoms with Gasteiger partial charge in [0.1, 0.15) is 17.5 Å². The van der Waals surface area contributed by atoms with Crippen molar-refractivity contribution in [1.29, 1.82) is 0 Å². The molecule has 0 bridgehead atoms. The molecule has 0 spiro atoms. The first-order valence-electron chi connectivity index (χ1n) is 7.15. The third-order valence-corrected chi connectivity index (χ3v) is 3.69. The van der Waals surface area contributed by atoms with Crippen molar-refractivity contribution in [3.05, 3.63) is 11.9 Å². The minimum atomic E-state index is 0.566. The van der Waals surface area contributed by atoms with Crippen molar-refractivity contribution < 1.29 is 0 Å². The molecule has 98 valence electrons. The molecule has 0 amide bonds. The van der Waals surface area contributed by atoms with E-state index in [2.05, 4.69) is 16.8 Å². The van der Waals surface area contributed by atoms with Crippen molar-refractivity contribution in [3.63, 3.8) is 0 Å². The van der Waals surface area contributed by atoms with E-state index in [0.717, 1.165) is 37.1 Å². The molecule has 0 unspecified atom stereocenters. The van der Waals surface area contributed by atoms with Gasteiger partial charge in [-0.1, -0.05) is 6.92 Å². The van der Waals surface area contributed by atoms with Crippen LogP contribution in [0.4, 0.5) is 11.6 Å². The Bertz CT molecular complexity index is 424. The highest BCUT2D eigenvalue weighted by atomic mass is 15.2. The maximum absolute atomic E-state index is 5.93. The number of rotatable bonds is 6. The Morgan fingerprint density at radius 3 is 2.67 bits per heavy atom. The zero-order chi connectivity index (χ0) is 12.5. The molecule has 2 N–H and O–H groups in total. The average Bonchev–Trinajstić information content (AvgIpc) is 3.21. The van der Waals surface area contributed by atoms with Gasteiger partial charge in [0.2, 0.25) is 0 Å². The van der Waals surface area contributed by atoms with E-state index in [0.29, 0.717) is 11.7 Å². The molecule has 2 aliphatic carbocycles. The summed E-state index contributed by atoms with van der Waals surface area (Å²) < 4.78 is 0. The number of hydrogen-bond acceptors (Lipinski definition) is 4. The Labute approximate surface area is 109 Å². The molecule has 0 atom stereocenters. The third kappa shape index (κ3) is 2.74. The molecule has 18 heavy (non-hydrogen) atoms. The van der Waals surface area contributed by atoms with Gasteiger partial charge in [0, 0.05) is 25.1 Å². The first kappa shape index (κ1) is 11.8. The van der Waals surface area contributed by atoms with Gasteiger partial charge in [-0.15, -0.1) is 0 Å². The molecule has 0 saturated heterocycles. The van der Waals surface area contributed by atoms with Crippen LogP contribution in [0.25, 0.3) is 0 Å². The van der Waals surface area contributed by atoms with Crippen LogP contribution >= 0.6 is 0 Å². The first-order chi connectivity index (χ1) is 8.76. The van der Waals surface area contributed by atoms with Crippen molar-refractivity contribution in [3.8, 4) is 0 Å². The predicted octanol–water partition coefficient (Wildman–Crippen LogP) is 2.56. The second-order valence-corrected chi connectivity index (χ2v) is 5.67. The van der Waals surface area contributed by atoms with Gasteiger partial charge in [0.05, 0.1) is 0 Å². The summed E-state index contributed by atoms with van der Waals surface area (Å²) in [6.07, 6.45) is 6.33. The fourth-order valence-corrected chi connectivity index (χ4v) is 2.34. The topological polar surface area (TPSA) is 55.0 Å². The summed E-state index contributed by atoms with van der Waals surface area (Å²) in [6.45, 7) is 4.41. The van der Waals surface area contributed by atoms with Gasteiger partial charge >= 0.3 is 0 Å². The number of aromatic nitrogens is 2. The SMILES string of the molecule is CCCN(CC1CC1)c1cc(N)nc(C2CC2)n1. The van der Waals surface area contributed by atoms with Crippen LogP contribution in [-0.2, 0) is 0 Å². The lowest BCUT2D eigenvalue weighted by molar-refractivity contribution is 0.694. The Morgan fingerprint density at radius 1 is 1.28 bits per heavy atom. The Morgan fingerprint density at radius 2 is 2.06 bits per heavy atom. The Kier molecular flexibility index (Phi) is 3.10. The summed E-state index contributed by atoms with van der Waals surface area (Å²) in [5.74, 6) is 4.06. The summed E-state index contributed by atoms with van der Waals surface area (Å²) in [6, 6.07) is 1.93. The predicted molar refractivity (Wildman–Crippen MR) is 73.6 cm³/mol. The van der Waals surface area contributed by atoms with E-state index in [4.69, 9.17) is 10.7 Å². The Hall–Kier alpha value is -1.32. The van der Waals surface area contributed by atoms with Crippen molar-refractivity contribution in [2.24, 2.45) is 5.92 Å². The van der Waals surface area contributed by atoms with Crippen LogP contribution in [0.3, 0.4) is 0 Å². The highest BCUT2D eigenvalue weighted by Crippen LogP contribution is 2.39.